The second kappa shape index (κ2) is 7.85. The predicted molar refractivity (Wildman–Crippen MR) is 108 cm³/mol. The zero-order chi connectivity index (χ0) is 18.6. The summed E-state index contributed by atoms with van der Waals surface area (Å²) in [7, 11) is 0. The van der Waals surface area contributed by atoms with Crippen LogP contribution < -0.4 is 4.90 Å². The summed E-state index contributed by atoms with van der Waals surface area (Å²) >= 11 is 1.67. The first-order valence-electron chi connectivity index (χ1n) is 8.91. The highest BCUT2D eigenvalue weighted by atomic mass is 32.1. The summed E-state index contributed by atoms with van der Waals surface area (Å²) in [6.07, 6.45) is 0. The molecule has 0 saturated carbocycles. The zero-order valence-corrected chi connectivity index (χ0v) is 15.6. The number of thiazole rings is 1. The van der Waals surface area contributed by atoms with Gasteiger partial charge < -0.3 is 4.90 Å². The van der Waals surface area contributed by atoms with Gasteiger partial charge >= 0.3 is 0 Å². The van der Waals surface area contributed by atoms with Crippen molar-refractivity contribution < 1.29 is 4.92 Å². The van der Waals surface area contributed by atoms with Crippen LogP contribution >= 0.6 is 11.3 Å². The molecule has 6 nitrogen and oxygen atoms in total. The van der Waals surface area contributed by atoms with Crippen LogP contribution in [-0.2, 0) is 6.54 Å². The Balaban J connectivity index is 1.38. The molecule has 27 heavy (non-hydrogen) atoms. The Morgan fingerprint density at radius 1 is 1.00 bits per heavy atom. The van der Waals surface area contributed by atoms with Crippen molar-refractivity contribution in [1.29, 1.82) is 0 Å². The number of hydrogen-bond donors (Lipinski definition) is 0. The molecule has 1 aromatic heterocycles. The highest BCUT2D eigenvalue weighted by Gasteiger charge is 2.23. The first kappa shape index (κ1) is 17.6. The van der Waals surface area contributed by atoms with E-state index in [1.807, 2.05) is 30.3 Å². The van der Waals surface area contributed by atoms with Crippen LogP contribution in [0.25, 0.3) is 10.6 Å². The maximum atomic E-state index is 11.3. The molecule has 0 aliphatic carbocycles. The molecule has 1 aliphatic heterocycles. The van der Waals surface area contributed by atoms with E-state index in [1.165, 1.54) is 0 Å². The lowest BCUT2D eigenvalue weighted by atomic mass is 10.2. The number of benzene rings is 2. The third kappa shape index (κ3) is 3.99. The molecule has 1 aliphatic rings. The molecule has 0 amide bonds. The monoisotopic (exact) mass is 380 g/mol. The van der Waals surface area contributed by atoms with Gasteiger partial charge in [-0.15, -0.1) is 11.3 Å². The number of para-hydroxylation sites is 2. The topological polar surface area (TPSA) is 62.5 Å². The molecule has 1 saturated heterocycles. The van der Waals surface area contributed by atoms with Crippen LogP contribution in [0.4, 0.5) is 11.4 Å². The summed E-state index contributed by atoms with van der Waals surface area (Å²) in [5, 5.41) is 14.4. The number of nitrogens with zero attached hydrogens (tertiary/aromatic N) is 4. The molecule has 0 bridgehead atoms. The summed E-state index contributed by atoms with van der Waals surface area (Å²) in [6.45, 7) is 4.10. The van der Waals surface area contributed by atoms with Gasteiger partial charge in [-0.25, -0.2) is 4.98 Å². The minimum Gasteiger partial charge on any atom is -0.363 e. The number of aromatic nitrogens is 1. The Morgan fingerprint density at radius 3 is 2.44 bits per heavy atom. The second-order valence-electron chi connectivity index (χ2n) is 6.52. The van der Waals surface area contributed by atoms with E-state index in [0.717, 1.165) is 49.0 Å². The molecule has 4 rings (SSSR count). The highest BCUT2D eigenvalue weighted by Crippen LogP contribution is 2.29. The van der Waals surface area contributed by atoms with Gasteiger partial charge in [0.2, 0.25) is 0 Å². The highest BCUT2D eigenvalue weighted by molar-refractivity contribution is 7.13. The van der Waals surface area contributed by atoms with Gasteiger partial charge in [0.15, 0.2) is 0 Å². The van der Waals surface area contributed by atoms with Crippen molar-refractivity contribution in [2.45, 2.75) is 6.54 Å². The maximum Gasteiger partial charge on any atom is 0.292 e. The Bertz CT molecular complexity index is 920. The molecule has 1 fully saturated rings. The number of nitro groups is 1. The van der Waals surface area contributed by atoms with E-state index < -0.39 is 0 Å². The van der Waals surface area contributed by atoms with Gasteiger partial charge in [0.05, 0.1) is 10.6 Å². The smallest absolute Gasteiger partial charge is 0.292 e. The van der Waals surface area contributed by atoms with E-state index in [-0.39, 0.29) is 10.6 Å². The van der Waals surface area contributed by atoms with Gasteiger partial charge in [0, 0.05) is 49.7 Å². The van der Waals surface area contributed by atoms with Crippen molar-refractivity contribution in [3.63, 3.8) is 0 Å². The van der Waals surface area contributed by atoms with Crippen molar-refractivity contribution in [2.75, 3.05) is 31.1 Å². The minimum absolute atomic E-state index is 0.179. The fourth-order valence-electron chi connectivity index (χ4n) is 3.35. The van der Waals surface area contributed by atoms with Gasteiger partial charge in [-0.3, -0.25) is 15.0 Å². The molecule has 0 atom stereocenters. The molecule has 0 spiro atoms. The lowest BCUT2D eigenvalue weighted by Crippen LogP contribution is -2.46. The first-order chi connectivity index (χ1) is 13.2. The number of anilines is 1. The Morgan fingerprint density at radius 2 is 1.70 bits per heavy atom. The third-order valence-corrected chi connectivity index (χ3v) is 5.69. The third-order valence-electron chi connectivity index (χ3n) is 4.75. The van der Waals surface area contributed by atoms with Crippen molar-refractivity contribution in [1.82, 2.24) is 9.88 Å². The molecular weight excluding hydrogens is 360 g/mol. The van der Waals surface area contributed by atoms with Crippen molar-refractivity contribution >= 4 is 22.7 Å². The number of piperazine rings is 1. The number of rotatable bonds is 5. The minimum atomic E-state index is -0.303. The van der Waals surface area contributed by atoms with Gasteiger partial charge in [0.1, 0.15) is 10.7 Å². The Labute approximate surface area is 161 Å². The van der Waals surface area contributed by atoms with Crippen LogP contribution in [-0.4, -0.2) is 41.0 Å². The van der Waals surface area contributed by atoms with Gasteiger partial charge in [-0.05, 0) is 6.07 Å². The fourth-order valence-corrected chi connectivity index (χ4v) is 4.17. The average Bonchev–Trinajstić information content (AvgIpc) is 3.18. The molecule has 0 N–H and O–H groups in total. The van der Waals surface area contributed by atoms with Crippen LogP contribution in [0.2, 0.25) is 0 Å². The molecular formula is C20H20N4O2S. The van der Waals surface area contributed by atoms with Crippen LogP contribution in [0.3, 0.4) is 0 Å². The fraction of sp³-hybridized carbons (Fsp3) is 0.250. The van der Waals surface area contributed by atoms with E-state index in [4.69, 9.17) is 4.98 Å². The van der Waals surface area contributed by atoms with E-state index in [1.54, 1.807) is 23.5 Å². The van der Waals surface area contributed by atoms with E-state index in [9.17, 15) is 10.1 Å². The molecule has 138 valence electrons. The lowest BCUT2D eigenvalue weighted by molar-refractivity contribution is -0.384. The molecule has 3 aromatic rings. The summed E-state index contributed by atoms with van der Waals surface area (Å²) in [4.78, 5) is 20.2. The summed E-state index contributed by atoms with van der Waals surface area (Å²) in [6, 6.07) is 17.2. The van der Waals surface area contributed by atoms with Gasteiger partial charge in [-0.1, -0.05) is 42.5 Å². The van der Waals surface area contributed by atoms with Crippen LogP contribution in [0.1, 0.15) is 5.69 Å². The van der Waals surface area contributed by atoms with Crippen LogP contribution in [0.15, 0.2) is 60.0 Å². The van der Waals surface area contributed by atoms with Crippen molar-refractivity contribution in [3.8, 4) is 10.6 Å². The lowest BCUT2D eigenvalue weighted by Gasteiger charge is -2.35. The maximum absolute atomic E-state index is 11.3. The largest absolute Gasteiger partial charge is 0.363 e. The molecule has 0 radical (unpaired) electrons. The number of hydrogen-bond acceptors (Lipinski definition) is 6. The van der Waals surface area contributed by atoms with Gasteiger partial charge in [0.25, 0.3) is 5.69 Å². The normalized spacial score (nSPS) is 15.0. The Hall–Kier alpha value is -2.77. The molecule has 2 aromatic carbocycles. The zero-order valence-electron chi connectivity index (χ0n) is 14.8. The van der Waals surface area contributed by atoms with Crippen molar-refractivity contribution in [2.24, 2.45) is 0 Å². The predicted octanol–water partition coefficient (Wildman–Crippen LogP) is 4.04. The average molecular weight is 380 g/mol. The van der Waals surface area contributed by atoms with Crippen molar-refractivity contribution in [3.05, 3.63) is 75.8 Å². The Kier molecular flexibility index (Phi) is 5.13. The van der Waals surface area contributed by atoms with E-state index >= 15 is 0 Å². The standard InChI is InChI=1S/C20H20N4O2S/c25-24(26)19-9-5-4-8-18(19)23-12-10-22(11-13-23)14-17-15-27-20(21-17)16-6-2-1-3-7-16/h1-9,15H,10-14H2. The SMILES string of the molecule is O=[N+]([O-])c1ccccc1N1CCN(Cc2csc(-c3ccccc3)n2)CC1. The molecule has 7 heteroatoms. The van der Waals surface area contributed by atoms with Gasteiger partial charge in [-0.2, -0.15) is 0 Å². The molecule has 2 heterocycles. The summed E-state index contributed by atoms with van der Waals surface area (Å²) < 4.78 is 0. The first-order valence-corrected chi connectivity index (χ1v) is 9.79. The molecule has 0 unspecified atom stereocenters. The summed E-state index contributed by atoms with van der Waals surface area (Å²) in [5.41, 5.74) is 3.12. The number of nitro benzene ring substituents is 1. The van der Waals surface area contributed by atoms with Crippen LogP contribution in [0, 0.1) is 10.1 Å². The quantitative estimate of drug-likeness (QED) is 0.494. The summed E-state index contributed by atoms with van der Waals surface area (Å²) in [5.74, 6) is 0. The van der Waals surface area contributed by atoms with E-state index in [2.05, 4.69) is 27.3 Å². The van der Waals surface area contributed by atoms with Crippen LogP contribution in [0.5, 0.6) is 0 Å². The van der Waals surface area contributed by atoms with E-state index in [0.29, 0.717) is 5.69 Å². The second-order valence-corrected chi connectivity index (χ2v) is 7.38.